The van der Waals surface area contributed by atoms with Gasteiger partial charge in [0.05, 0.1) is 12.9 Å². The highest BCUT2D eigenvalue weighted by Gasteiger charge is 2.45. The van der Waals surface area contributed by atoms with Gasteiger partial charge in [0.1, 0.15) is 18.3 Å². The summed E-state index contributed by atoms with van der Waals surface area (Å²) >= 11 is 6.09. The molecule has 2 unspecified atom stereocenters. The molecule has 5 atom stereocenters. The monoisotopic (exact) mass is 549 g/mol. The molecule has 17 heteroatoms. The van der Waals surface area contributed by atoms with Crippen LogP contribution in [0.15, 0.2) is 36.7 Å². The molecular formula is C18H22ClN5O9P2. The van der Waals surface area contributed by atoms with E-state index < -0.39 is 52.2 Å². The lowest BCUT2D eigenvalue weighted by molar-refractivity contribution is -0.0483. The van der Waals surface area contributed by atoms with Crippen LogP contribution in [0.4, 0.5) is 5.82 Å². The number of anilines is 1. The number of halogens is 1. The Bertz CT molecular complexity index is 1290. The molecule has 0 bridgehead atoms. The van der Waals surface area contributed by atoms with Gasteiger partial charge in [-0.2, -0.15) is 9.97 Å². The van der Waals surface area contributed by atoms with Gasteiger partial charge in [-0.3, -0.25) is 13.7 Å². The maximum absolute atomic E-state index is 11.9. The van der Waals surface area contributed by atoms with Crippen LogP contribution >= 0.6 is 26.8 Å². The zero-order valence-corrected chi connectivity index (χ0v) is 20.4. The van der Waals surface area contributed by atoms with Crippen molar-refractivity contribution in [2.75, 3.05) is 17.8 Å². The van der Waals surface area contributed by atoms with Crippen molar-refractivity contribution in [2.24, 2.45) is 0 Å². The summed E-state index contributed by atoms with van der Waals surface area (Å²) in [5.41, 5.74) is 1.49. The van der Waals surface area contributed by atoms with Gasteiger partial charge < -0.3 is 39.5 Å². The molecule has 6 N–H and O–H groups in total. The van der Waals surface area contributed by atoms with Gasteiger partial charge in [0.15, 0.2) is 29.1 Å². The van der Waals surface area contributed by atoms with Crippen molar-refractivity contribution in [3.05, 3.63) is 47.5 Å². The Balaban J connectivity index is 1.52. The Morgan fingerprint density at radius 3 is 2.51 bits per heavy atom. The molecule has 3 aromatic rings. The van der Waals surface area contributed by atoms with Crippen LogP contribution in [0.2, 0.25) is 5.28 Å². The van der Waals surface area contributed by atoms with Crippen LogP contribution in [0, 0.1) is 0 Å². The summed E-state index contributed by atoms with van der Waals surface area (Å²) in [7, 11) is -9.51. The molecule has 1 aliphatic rings. The van der Waals surface area contributed by atoms with Gasteiger partial charge >= 0.3 is 15.2 Å². The van der Waals surface area contributed by atoms with Gasteiger partial charge in [-0.15, -0.1) is 0 Å². The molecule has 35 heavy (non-hydrogen) atoms. The minimum atomic E-state index is -4.83. The molecule has 1 saturated heterocycles. The number of benzene rings is 1. The van der Waals surface area contributed by atoms with Crippen molar-refractivity contribution in [3.63, 3.8) is 0 Å². The second-order valence-electron chi connectivity index (χ2n) is 7.79. The van der Waals surface area contributed by atoms with E-state index in [1.54, 1.807) is 0 Å². The van der Waals surface area contributed by atoms with Crippen LogP contribution in [0.25, 0.3) is 11.2 Å². The Morgan fingerprint density at radius 1 is 1.11 bits per heavy atom. The summed E-state index contributed by atoms with van der Waals surface area (Å²) in [6.45, 7) is -0.290. The second-order valence-corrected chi connectivity index (χ2v) is 12.1. The second kappa shape index (κ2) is 10.2. The van der Waals surface area contributed by atoms with Crippen molar-refractivity contribution in [1.82, 2.24) is 19.5 Å². The first kappa shape index (κ1) is 26.1. The fraction of sp³-hybridized carbons (Fsp3) is 0.389. The van der Waals surface area contributed by atoms with E-state index in [0.717, 1.165) is 5.56 Å². The average molecular weight is 550 g/mol. The van der Waals surface area contributed by atoms with Crippen molar-refractivity contribution >= 4 is 43.8 Å². The van der Waals surface area contributed by atoms with Gasteiger partial charge in [-0.1, -0.05) is 30.3 Å². The van der Waals surface area contributed by atoms with Gasteiger partial charge in [-0.05, 0) is 17.2 Å². The summed E-state index contributed by atoms with van der Waals surface area (Å²) in [4.78, 5) is 40.0. The predicted octanol–water partition coefficient (Wildman–Crippen LogP) is 1.05. The van der Waals surface area contributed by atoms with E-state index in [1.165, 1.54) is 10.9 Å². The highest BCUT2D eigenvalue weighted by atomic mass is 35.5. The normalized spacial score (nSPS) is 24.5. The van der Waals surface area contributed by atoms with E-state index >= 15 is 0 Å². The highest BCUT2D eigenvalue weighted by Crippen LogP contribution is 2.55. The molecule has 1 aromatic carbocycles. The number of ether oxygens (including phenoxy) is 1. The number of aliphatic hydroxyl groups is 2. The van der Waals surface area contributed by atoms with E-state index in [9.17, 15) is 24.2 Å². The molecule has 0 aliphatic carbocycles. The van der Waals surface area contributed by atoms with Crippen molar-refractivity contribution in [2.45, 2.75) is 31.1 Å². The number of hydrogen-bond donors (Lipinski definition) is 6. The minimum Gasteiger partial charge on any atom is -0.387 e. The van der Waals surface area contributed by atoms with Crippen molar-refractivity contribution in [1.29, 1.82) is 0 Å². The molecule has 14 nitrogen and oxygen atoms in total. The molecule has 2 aromatic heterocycles. The van der Waals surface area contributed by atoms with Crippen molar-refractivity contribution < 1.29 is 43.3 Å². The van der Waals surface area contributed by atoms with Gasteiger partial charge in [0.25, 0.3) is 0 Å². The fourth-order valence-electron chi connectivity index (χ4n) is 3.54. The molecule has 0 radical (unpaired) electrons. The first-order valence-electron chi connectivity index (χ1n) is 10.1. The number of rotatable bonds is 9. The predicted molar refractivity (Wildman–Crippen MR) is 123 cm³/mol. The van der Waals surface area contributed by atoms with Crippen LogP contribution in [0.5, 0.6) is 0 Å². The smallest absolute Gasteiger partial charge is 0.340 e. The topological polar surface area (TPSA) is 209 Å². The molecule has 0 amide bonds. The van der Waals surface area contributed by atoms with E-state index in [1.807, 2.05) is 30.3 Å². The zero-order chi connectivity index (χ0) is 25.4. The third-order valence-corrected chi connectivity index (χ3v) is 8.74. The minimum absolute atomic E-state index is 0.110. The van der Waals surface area contributed by atoms with Gasteiger partial charge in [-0.25, -0.2) is 4.98 Å². The summed E-state index contributed by atoms with van der Waals surface area (Å²) in [5.74, 6) is -1.07. The van der Waals surface area contributed by atoms with E-state index in [-0.39, 0.29) is 10.9 Å². The SMILES string of the molecule is O=P(O)(O)CP(=O)(O)OC[C@H]1O[C@@H](n2cnc3c(NCc4ccccc4)nc(Cl)nc32)C(O)[C@H]1O. The first-order chi connectivity index (χ1) is 16.4. The summed E-state index contributed by atoms with van der Waals surface area (Å²) in [6, 6.07) is 9.51. The number of nitrogens with one attached hydrogen (secondary N) is 1. The van der Waals surface area contributed by atoms with Crippen LogP contribution in [0.1, 0.15) is 11.8 Å². The summed E-state index contributed by atoms with van der Waals surface area (Å²) in [5, 5.41) is 23.9. The Kier molecular flexibility index (Phi) is 7.60. The van der Waals surface area contributed by atoms with Crippen LogP contribution in [0.3, 0.4) is 0 Å². The largest absolute Gasteiger partial charge is 0.387 e. The van der Waals surface area contributed by atoms with Crippen LogP contribution in [-0.2, 0) is 24.9 Å². The maximum Gasteiger partial charge on any atom is 0.340 e. The highest BCUT2D eigenvalue weighted by molar-refractivity contribution is 7.70. The zero-order valence-electron chi connectivity index (χ0n) is 17.8. The number of hydrogen-bond acceptors (Lipinski definition) is 10. The number of fused-ring (bicyclic) bond motifs is 1. The molecule has 4 rings (SSSR count). The van der Waals surface area contributed by atoms with Crippen LogP contribution in [-0.4, -0.2) is 75.2 Å². The number of nitrogens with zero attached hydrogens (tertiary/aromatic N) is 4. The molecule has 1 fully saturated rings. The van der Waals surface area contributed by atoms with E-state index in [2.05, 4.69) is 20.3 Å². The molecule has 190 valence electrons. The van der Waals surface area contributed by atoms with Crippen molar-refractivity contribution in [3.8, 4) is 0 Å². The third kappa shape index (κ3) is 6.25. The summed E-state index contributed by atoms with van der Waals surface area (Å²) < 4.78 is 34.5. The maximum atomic E-state index is 11.9. The van der Waals surface area contributed by atoms with Gasteiger partial charge in [0.2, 0.25) is 5.28 Å². The van der Waals surface area contributed by atoms with E-state index in [0.29, 0.717) is 17.9 Å². The molecule has 0 saturated carbocycles. The van der Waals surface area contributed by atoms with Crippen LogP contribution < -0.4 is 5.32 Å². The first-order valence-corrected chi connectivity index (χ1v) is 14.1. The molecular weight excluding hydrogens is 528 g/mol. The van der Waals surface area contributed by atoms with Gasteiger partial charge in [0, 0.05) is 6.54 Å². The molecule has 1 aliphatic heterocycles. The molecule has 0 spiro atoms. The Morgan fingerprint density at radius 2 is 1.83 bits per heavy atom. The number of imidazole rings is 1. The average Bonchev–Trinajstić information content (AvgIpc) is 3.31. The molecule has 3 heterocycles. The Labute approximate surface area is 203 Å². The number of aliphatic hydroxyl groups excluding tert-OH is 2. The number of aromatic nitrogens is 4. The fourth-order valence-corrected chi connectivity index (χ4v) is 6.27. The lowest BCUT2D eigenvalue weighted by atomic mass is 10.1. The third-order valence-electron chi connectivity index (χ3n) is 5.11. The summed E-state index contributed by atoms with van der Waals surface area (Å²) in [6.07, 6.45) is -4.29. The van der Waals surface area contributed by atoms with E-state index in [4.69, 9.17) is 30.6 Å². The Hall–Kier alpha value is -1.96. The quantitative estimate of drug-likeness (QED) is 0.163. The standard InChI is InChI=1S/C18H22ClN5O9P2/c19-18-22-15(20-6-10-4-2-1-3-5-10)12-16(23-18)24(8-21-12)17-14(26)13(25)11(33-17)7-32-35(30,31)9-34(27,28)29/h1-5,8,11,13-14,17,25-26H,6-7,9H2,(H,30,31)(H,20,22,23)(H2,27,28,29)/t11-,13+,14?,17-/m1/s1. The lowest BCUT2D eigenvalue weighted by Gasteiger charge is -2.18. The lowest BCUT2D eigenvalue weighted by Crippen LogP contribution is -2.33.